The van der Waals surface area contributed by atoms with E-state index < -0.39 is 0 Å². The van der Waals surface area contributed by atoms with Crippen molar-refractivity contribution in [2.24, 2.45) is 11.7 Å². The zero-order chi connectivity index (χ0) is 12.4. The second-order valence-corrected chi connectivity index (χ2v) is 5.48. The predicted molar refractivity (Wildman–Crippen MR) is 74.2 cm³/mol. The molecule has 1 aromatic carbocycles. The Balaban J connectivity index is 2.30. The Labute approximate surface area is 114 Å². The molecule has 1 atom stereocenters. The third kappa shape index (κ3) is 2.84. The Morgan fingerprint density at radius 1 is 1.35 bits per heavy atom. The Hall–Kier alpha value is -0.950. The first-order chi connectivity index (χ1) is 8.08. The number of halogens is 1. The van der Waals surface area contributed by atoms with Crippen LogP contribution in [0, 0.1) is 9.49 Å². The minimum absolute atomic E-state index is 0.185. The highest BCUT2D eigenvalue weighted by molar-refractivity contribution is 14.1. The molecular weight excluding hydrogens is 329 g/mol. The molecule has 0 aliphatic rings. The van der Waals surface area contributed by atoms with Crippen molar-refractivity contribution in [3.05, 3.63) is 33.7 Å². The highest BCUT2D eigenvalue weighted by Gasteiger charge is 2.18. The van der Waals surface area contributed by atoms with E-state index in [2.05, 4.69) is 32.7 Å². The summed E-state index contributed by atoms with van der Waals surface area (Å²) in [5.41, 5.74) is 6.90. The summed E-state index contributed by atoms with van der Waals surface area (Å²) < 4.78 is 6.36. The van der Waals surface area contributed by atoms with Crippen molar-refractivity contribution >= 4 is 22.6 Å². The first kappa shape index (κ1) is 12.5. The van der Waals surface area contributed by atoms with Crippen molar-refractivity contribution in [2.75, 3.05) is 0 Å². The topological polar surface area (TPSA) is 64.9 Å². The van der Waals surface area contributed by atoms with Gasteiger partial charge in [-0.1, -0.05) is 25.1 Å². The predicted octanol–water partition coefficient (Wildman–Crippen LogP) is 3.00. The monoisotopic (exact) mass is 343 g/mol. The van der Waals surface area contributed by atoms with Gasteiger partial charge >= 0.3 is 0 Å². The van der Waals surface area contributed by atoms with Crippen LogP contribution in [-0.2, 0) is 0 Å². The van der Waals surface area contributed by atoms with E-state index in [9.17, 15) is 0 Å². The molecule has 0 saturated heterocycles. The normalized spacial score (nSPS) is 13.0. The van der Waals surface area contributed by atoms with Crippen LogP contribution in [0.25, 0.3) is 11.5 Å². The number of hydrogen-bond donors (Lipinski definition) is 1. The van der Waals surface area contributed by atoms with Crippen molar-refractivity contribution in [3.8, 4) is 11.5 Å². The van der Waals surface area contributed by atoms with Gasteiger partial charge in [0, 0.05) is 9.13 Å². The summed E-state index contributed by atoms with van der Waals surface area (Å²) in [6.07, 6.45) is 0. The highest BCUT2D eigenvalue weighted by atomic mass is 127. The van der Waals surface area contributed by atoms with Crippen LogP contribution in [0.4, 0.5) is 0 Å². The molecule has 0 aliphatic heterocycles. The maximum absolute atomic E-state index is 5.97. The van der Waals surface area contributed by atoms with E-state index in [1.54, 1.807) is 0 Å². The molecule has 0 saturated carbocycles. The van der Waals surface area contributed by atoms with E-state index in [1.807, 2.05) is 38.1 Å². The fourth-order valence-electron chi connectivity index (χ4n) is 1.41. The maximum atomic E-state index is 5.97. The third-order valence-corrected chi connectivity index (χ3v) is 3.20. The first-order valence-corrected chi connectivity index (χ1v) is 6.51. The van der Waals surface area contributed by atoms with E-state index in [0.717, 1.165) is 9.13 Å². The standard InChI is InChI=1S/C12H14IN3O/c1-7(2)10(14)11-15-12(17-16-11)8-4-3-5-9(13)6-8/h3-7,10H,14H2,1-2H3. The third-order valence-electron chi connectivity index (χ3n) is 2.53. The molecule has 0 aliphatic carbocycles. The lowest BCUT2D eigenvalue weighted by atomic mass is 10.1. The summed E-state index contributed by atoms with van der Waals surface area (Å²) in [5.74, 6) is 1.37. The fraction of sp³-hybridized carbons (Fsp3) is 0.333. The summed E-state index contributed by atoms with van der Waals surface area (Å²) in [6.45, 7) is 4.07. The minimum Gasteiger partial charge on any atom is -0.334 e. The molecule has 1 unspecified atom stereocenters. The van der Waals surface area contributed by atoms with Gasteiger partial charge in [0.25, 0.3) is 5.89 Å². The molecule has 1 heterocycles. The van der Waals surface area contributed by atoms with Gasteiger partial charge in [0.2, 0.25) is 0 Å². The van der Waals surface area contributed by atoms with Crippen LogP contribution in [0.2, 0.25) is 0 Å². The van der Waals surface area contributed by atoms with E-state index in [4.69, 9.17) is 10.3 Å². The van der Waals surface area contributed by atoms with Crippen LogP contribution in [0.5, 0.6) is 0 Å². The average molecular weight is 343 g/mol. The second kappa shape index (κ2) is 5.14. The molecule has 2 rings (SSSR count). The molecular formula is C12H14IN3O. The molecule has 5 heteroatoms. The lowest BCUT2D eigenvalue weighted by molar-refractivity contribution is 0.400. The van der Waals surface area contributed by atoms with Crippen LogP contribution in [0.1, 0.15) is 25.7 Å². The van der Waals surface area contributed by atoms with Crippen molar-refractivity contribution in [3.63, 3.8) is 0 Å². The zero-order valence-electron chi connectivity index (χ0n) is 9.72. The maximum Gasteiger partial charge on any atom is 0.258 e. The number of aromatic nitrogens is 2. The van der Waals surface area contributed by atoms with Crippen molar-refractivity contribution < 1.29 is 4.52 Å². The summed E-state index contributed by atoms with van der Waals surface area (Å²) in [4.78, 5) is 4.34. The smallest absolute Gasteiger partial charge is 0.258 e. The first-order valence-electron chi connectivity index (χ1n) is 5.43. The van der Waals surface area contributed by atoms with Crippen LogP contribution in [0.3, 0.4) is 0 Å². The Morgan fingerprint density at radius 3 is 2.76 bits per heavy atom. The summed E-state index contributed by atoms with van der Waals surface area (Å²) in [5, 5.41) is 3.93. The van der Waals surface area contributed by atoms with Crippen molar-refractivity contribution in [1.29, 1.82) is 0 Å². The van der Waals surface area contributed by atoms with E-state index in [0.29, 0.717) is 11.7 Å². The van der Waals surface area contributed by atoms with Gasteiger partial charge in [-0.25, -0.2) is 0 Å². The molecule has 2 aromatic rings. The molecule has 0 bridgehead atoms. The van der Waals surface area contributed by atoms with Gasteiger partial charge in [0.05, 0.1) is 6.04 Å². The van der Waals surface area contributed by atoms with Gasteiger partial charge in [-0.3, -0.25) is 0 Å². The van der Waals surface area contributed by atoms with E-state index >= 15 is 0 Å². The molecule has 1 aromatic heterocycles. The molecule has 0 spiro atoms. The van der Waals surface area contributed by atoms with Gasteiger partial charge < -0.3 is 10.3 Å². The number of benzene rings is 1. The lowest BCUT2D eigenvalue weighted by Crippen LogP contribution is -2.18. The molecule has 90 valence electrons. The fourth-order valence-corrected chi connectivity index (χ4v) is 1.95. The Morgan fingerprint density at radius 2 is 2.12 bits per heavy atom. The SMILES string of the molecule is CC(C)C(N)c1noc(-c2cccc(I)c2)n1. The van der Waals surface area contributed by atoms with Gasteiger partial charge in [-0.15, -0.1) is 0 Å². The molecule has 4 nitrogen and oxygen atoms in total. The summed E-state index contributed by atoms with van der Waals surface area (Å²) in [7, 11) is 0. The number of hydrogen-bond acceptors (Lipinski definition) is 4. The van der Waals surface area contributed by atoms with Crippen LogP contribution in [0.15, 0.2) is 28.8 Å². The molecule has 17 heavy (non-hydrogen) atoms. The van der Waals surface area contributed by atoms with Gasteiger partial charge in [-0.2, -0.15) is 4.98 Å². The number of nitrogens with zero attached hydrogens (tertiary/aromatic N) is 2. The summed E-state index contributed by atoms with van der Waals surface area (Å²) in [6, 6.07) is 7.74. The van der Waals surface area contributed by atoms with Crippen molar-refractivity contribution in [2.45, 2.75) is 19.9 Å². The quantitative estimate of drug-likeness (QED) is 0.871. The van der Waals surface area contributed by atoms with Gasteiger partial charge in [-0.05, 0) is 46.7 Å². The zero-order valence-corrected chi connectivity index (χ0v) is 11.9. The second-order valence-electron chi connectivity index (χ2n) is 4.24. The molecule has 2 N–H and O–H groups in total. The Kier molecular flexibility index (Phi) is 3.78. The Bertz CT molecular complexity index is 510. The number of rotatable bonds is 3. The van der Waals surface area contributed by atoms with Crippen LogP contribution in [-0.4, -0.2) is 10.1 Å². The number of nitrogens with two attached hydrogens (primary N) is 1. The summed E-state index contributed by atoms with van der Waals surface area (Å²) >= 11 is 2.25. The van der Waals surface area contributed by atoms with Crippen LogP contribution < -0.4 is 5.73 Å². The largest absolute Gasteiger partial charge is 0.334 e. The molecule has 0 fully saturated rings. The minimum atomic E-state index is -0.185. The van der Waals surface area contributed by atoms with E-state index in [-0.39, 0.29) is 12.0 Å². The lowest BCUT2D eigenvalue weighted by Gasteiger charge is -2.09. The van der Waals surface area contributed by atoms with Gasteiger partial charge in [0.15, 0.2) is 5.82 Å². The van der Waals surface area contributed by atoms with Crippen molar-refractivity contribution in [1.82, 2.24) is 10.1 Å². The molecule has 0 amide bonds. The molecule has 0 radical (unpaired) electrons. The van der Waals surface area contributed by atoms with E-state index in [1.165, 1.54) is 0 Å². The van der Waals surface area contributed by atoms with Crippen LogP contribution >= 0.6 is 22.6 Å². The highest BCUT2D eigenvalue weighted by Crippen LogP contribution is 2.22. The van der Waals surface area contributed by atoms with Gasteiger partial charge in [0.1, 0.15) is 0 Å². The average Bonchev–Trinajstić information content (AvgIpc) is 2.77.